The highest BCUT2D eigenvalue weighted by molar-refractivity contribution is 5.96. The number of benzene rings is 1. The van der Waals surface area contributed by atoms with Gasteiger partial charge in [-0.05, 0) is 37.5 Å². The maximum Gasteiger partial charge on any atom is 0.251 e. The van der Waals surface area contributed by atoms with Gasteiger partial charge >= 0.3 is 0 Å². The number of nitrogens with one attached hydrogen (secondary N) is 1. The molecule has 0 aliphatic heterocycles. The Kier molecular flexibility index (Phi) is 4.50. The molecule has 2 N–H and O–H groups in total. The Morgan fingerprint density at radius 1 is 1.44 bits per heavy atom. The van der Waals surface area contributed by atoms with E-state index in [2.05, 4.69) is 5.32 Å². The third-order valence-electron chi connectivity index (χ3n) is 2.90. The molecule has 1 amide bonds. The second-order valence-electron chi connectivity index (χ2n) is 4.01. The summed E-state index contributed by atoms with van der Waals surface area (Å²) in [6.45, 7) is 5.83. The van der Waals surface area contributed by atoms with Crippen LogP contribution in [0.25, 0.3) is 0 Å². The van der Waals surface area contributed by atoms with E-state index in [1.54, 1.807) is 0 Å². The fourth-order valence-electron chi connectivity index (χ4n) is 1.54. The van der Waals surface area contributed by atoms with Gasteiger partial charge in [0.2, 0.25) is 0 Å². The molecule has 0 aliphatic carbocycles. The number of carbonyl (C=O) groups is 1. The van der Waals surface area contributed by atoms with Gasteiger partial charge in [-0.25, -0.2) is 0 Å². The summed E-state index contributed by atoms with van der Waals surface area (Å²) in [5.74, 6) is -0.109. The first-order valence-corrected chi connectivity index (χ1v) is 5.58. The minimum atomic E-state index is -0.160. The minimum Gasteiger partial charge on any atom is -0.394 e. The van der Waals surface area contributed by atoms with E-state index in [1.165, 1.54) is 0 Å². The third-order valence-corrected chi connectivity index (χ3v) is 2.90. The fraction of sp³-hybridized carbons (Fsp3) is 0.462. The molecule has 1 aromatic carbocycles. The van der Waals surface area contributed by atoms with Crippen molar-refractivity contribution in [2.75, 3.05) is 6.61 Å². The van der Waals surface area contributed by atoms with Crippen LogP contribution < -0.4 is 5.32 Å². The second-order valence-corrected chi connectivity index (χ2v) is 4.01. The predicted octanol–water partition coefficient (Wildman–Crippen LogP) is 1.80. The van der Waals surface area contributed by atoms with Crippen LogP contribution in [0, 0.1) is 13.8 Å². The van der Waals surface area contributed by atoms with E-state index >= 15 is 0 Å². The smallest absolute Gasteiger partial charge is 0.251 e. The van der Waals surface area contributed by atoms with Crippen LogP contribution in [0.15, 0.2) is 18.2 Å². The number of amides is 1. The Balaban J connectivity index is 2.84. The van der Waals surface area contributed by atoms with Gasteiger partial charge in [-0.1, -0.05) is 19.1 Å². The molecule has 1 atom stereocenters. The molecule has 0 heterocycles. The van der Waals surface area contributed by atoms with Gasteiger partial charge in [0, 0.05) is 5.56 Å². The normalized spacial score (nSPS) is 12.2. The van der Waals surface area contributed by atoms with Crippen molar-refractivity contribution in [2.24, 2.45) is 0 Å². The van der Waals surface area contributed by atoms with E-state index in [0.29, 0.717) is 5.56 Å². The zero-order valence-electron chi connectivity index (χ0n) is 10.1. The van der Waals surface area contributed by atoms with Crippen LogP contribution in [0.3, 0.4) is 0 Å². The number of hydrogen-bond donors (Lipinski definition) is 2. The average molecular weight is 221 g/mol. The molecule has 0 saturated heterocycles. The largest absolute Gasteiger partial charge is 0.394 e. The van der Waals surface area contributed by atoms with Crippen LogP contribution in [0.4, 0.5) is 0 Å². The standard InChI is InChI=1S/C13H19NO2/c1-4-11(8-15)14-13(16)12-7-5-6-9(2)10(12)3/h5-7,11,15H,4,8H2,1-3H3,(H,14,16)/t11-/m0/s1. The number of aliphatic hydroxyl groups excluding tert-OH is 1. The van der Waals surface area contributed by atoms with Gasteiger partial charge in [0.05, 0.1) is 12.6 Å². The molecule has 1 aromatic rings. The Labute approximate surface area is 96.5 Å². The lowest BCUT2D eigenvalue weighted by atomic mass is 10.0. The van der Waals surface area contributed by atoms with Crippen LogP contribution in [0.5, 0.6) is 0 Å². The molecule has 1 rings (SSSR count). The summed E-state index contributed by atoms with van der Waals surface area (Å²) in [7, 11) is 0. The lowest BCUT2D eigenvalue weighted by Crippen LogP contribution is -2.37. The molecule has 0 unspecified atom stereocenters. The molecule has 0 saturated carbocycles. The van der Waals surface area contributed by atoms with E-state index in [1.807, 2.05) is 39.0 Å². The summed E-state index contributed by atoms with van der Waals surface area (Å²) in [5.41, 5.74) is 2.78. The van der Waals surface area contributed by atoms with Crippen molar-refractivity contribution in [1.29, 1.82) is 0 Å². The van der Waals surface area contributed by atoms with Crippen LogP contribution >= 0.6 is 0 Å². The molecule has 0 spiro atoms. The maximum atomic E-state index is 11.9. The zero-order valence-corrected chi connectivity index (χ0v) is 10.1. The molecule has 16 heavy (non-hydrogen) atoms. The van der Waals surface area contributed by atoms with Gasteiger partial charge in [-0.3, -0.25) is 4.79 Å². The van der Waals surface area contributed by atoms with Gasteiger partial charge < -0.3 is 10.4 Å². The summed E-state index contributed by atoms with van der Waals surface area (Å²) in [6.07, 6.45) is 0.729. The van der Waals surface area contributed by atoms with Crippen LogP contribution in [0.1, 0.15) is 34.8 Å². The monoisotopic (exact) mass is 221 g/mol. The Morgan fingerprint density at radius 2 is 2.12 bits per heavy atom. The molecular formula is C13H19NO2. The predicted molar refractivity (Wildman–Crippen MR) is 64.5 cm³/mol. The molecular weight excluding hydrogens is 202 g/mol. The molecule has 3 nitrogen and oxygen atoms in total. The van der Waals surface area contributed by atoms with Crippen molar-refractivity contribution in [2.45, 2.75) is 33.2 Å². The van der Waals surface area contributed by atoms with E-state index in [9.17, 15) is 4.79 Å². The summed E-state index contributed by atoms with van der Waals surface area (Å²) < 4.78 is 0. The highest BCUT2D eigenvalue weighted by Crippen LogP contribution is 2.12. The van der Waals surface area contributed by atoms with Gasteiger partial charge in [0.1, 0.15) is 0 Å². The van der Waals surface area contributed by atoms with E-state index in [0.717, 1.165) is 17.5 Å². The van der Waals surface area contributed by atoms with Crippen molar-refractivity contribution in [1.82, 2.24) is 5.32 Å². The average Bonchev–Trinajstić information content (AvgIpc) is 2.29. The number of hydrogen-bond acceptors (Lipinski definition) is 2. The summed E-state index contributed by atoms with van der Waals surface area (Å²) in [6, 6.07) is 5.50. The Bertz CT molecular complexity index is 370. The highest BCUT2D eigenvalue weighted by Gasteiger charge is 2.13. The molecule has 0 fully saturated rings. The quantitative estimate of drug-likeness (QED) is 0.814. The van der Waals surface area contributed by atoms with E-state index < -0.39 is 0 Å². The first-order chi connectivity index (χ1) is 7.60. The molecule has 88 valence electrons. The zero-order chi connectivity index (χ0) is 12.1. The highest BCUT2D eigenvalue weighted by atomic mass is 16.3. The van der Waals surface area contributed by atoms with Crippen molar-refractivity contribution in [3.05, 3.63) is 34.9 Å². The lowest BCUT2D eigenvalue weighted by molar-refractivity contribution is 0.0914. The molecule has 0 bridgehead atoms. The SMILES string of the molecule is CC[C@@H](CO)NC(=O)c1cccc(C)c1C. The maximum absolute atomic E-state index is 11.9. The number of aliphatic hydroxyl groups is 1. The molecule has 0 aromatic heterocycles. The Morgan fingerprint density at radius 3 is 2.69 bits per heavy atom. The number of aryl methyl sites for hydroxylation is 1. The van der Waals surface area contributed by atoms with Crippen molar-refractivity contribution in [3.8, 4) is 0 Å². The Hall–Kier alpha value is -1.35. The number of rotatable bonds is 4. The lowest BCUT2D eigenvalue weighted by Gasteiger charge is -2.15. The first-order valence-electron chi connectivity index (χ1n) is 5.58. The van der Waals surface area contributed by atoms with Crippen LogP contribution in [-0.4, -0.2) is 23.7 Å². The minimum absolute atomic E-state index is 0.0207. The number of carbonyl (C=O) groups excluding carboxylic acids is 1. The topological polar surface area (TPSA) is 49.3 Å². The molecule has 0 radical (unpaired) electrons. The van der Waals surface area contributed by atoms with Gasteiger partial charge in [0.15, 0.2) is 0 Å². The van der Waals surface area contributed by atoms with Crippen molar-refractivity contribution < 1.29 is 9.90 Å². The van der Waals surface area contributed by atoms with Gasteiger partial charge in [0.25, 0.3) is 5.91 Å². The van der Waals surface area contributed by atoms with E-state index in [4.69, 9.17) is 5.11 Å². The third kappa shape index (κ3) is 2.83. The van der Waals surface area contributed by atoms with Crippen LogP contribution in [-0.2, 0) is 0 Å². The first kappa shape index (κ1) is 12.7. The van der Waals surface area contributed by atoms with Gasteiger partial charge in [-0.2, -0.15) is 0 Å². The van der Waals surface area contributed by atoms with E-state index in [-0.39, 0.29) is 18.6 Å². The summed E-state index contributed by atoms with van der Waals surface area (Å²) >= 11 is 0. The fourth-order valence-corrected chi connectivity index (χ4v) is 1.54. The van der Waals surface area contributed by atoms with Gasteiger partial charge in [-0.15, -0.1) is 0 Å². The van der Waals surface area contributed by atoms with Crippen molar-refractivity contribution >= 4 is 5.91 Å². The summed E-state index contributed by atoms with van der Waals surface area (Å²) in [4.78, 5) is 11.9. The van der Waals surface area contributed by atoms with Crippen LogP contribution in [0.2, 0.25) is 0 Å². The molecule has 3 heteroatoms. The molecule has 0 aliphatic rings. The second kappa shape index (κ2) is 5.66. The summed E-state index contributed by atoms with van der Waals surface area (Å²) in [5, 5.41) is 11.8. The van der Waals surface area contributed by atoms with Crippen molar-refractivity contribution in [3.63, 3.8) is 0 Å².